The van der Waals surface area contributed by atoms with E-state index >= 15 is 0 Å². The first-order valence-corrected chi connectivity index (χ1v) is 6.38. The van der Waals surface area contributed by atoms with Gasteiger partial charge in [-0.15, -0.1) is 0 Å². The van der Waals surface area contributed by atoms with Crippen LogP contribution in [-0.4, -0.2) is 28.1 Å². The van der Waals surface area contributed by atoms with Crippen molar-refractivity contribution < 1.29 is 9.15 Å². The molecule has 7 heteroatoms. The molecular formula is C13H19N5O2. The molecule has 2 rings (SSSR count). The Hall–Kier alpha value is -2.31. The molecule has 0 unspecified atom stereocenters. The van der Waals surface area contributed by atoms with E-state index in [1.54, 1.807) is 0 Å². The van der Waals surface area contributed by atoms with Crippen LogP contribution in [-0.2, 0) is 6.54 Å². The maximum atomic E-state index is 5.68. The Balaban J connectivity index is 2.16. The average molecular weight is 277 g/mol. The summed E-state index contributed by atoms with van der Waals surface area (Å²) in [6.07, 6.45) is -0.0253. The third kappa shape index (κ3) is 3.59. The summed E-state index contributed by atoms with van der Waals surface area (Å²) in [4.78, 5) is 14.1. The molecule has 0 aliphatic rings. The summed E-state index contributed by atoms with van der Waals surface area (Å²) < 4.78 is 11.0. The monoisotopic (exact) mass is 277 g/mol. The van der Waals surface area contributed by atoms with Gasteiger partial charge in [0.05, 0.1) is 12.6 Å². The molecule has 0 fully saturated rings. The lowest BCUT2D eigenvalue weighted by molar-refractivity contribution is 0.222. The van der Waals surface area contributed by atoms with Crippen LogP contribution in [0.4, 0.5) is 11.9 Å². The summed E-state index contributed by atoms with van der Waals surface area (Å²) in [5.41, 5.74) is 5.68. The number of nitrogen functional groups attached to an aromatic ring is 1. The standard InChI is InChI=1S/C13H19N5O2/c1-8(2)19-13-16-11(14)15-12(17-13)18(4)7-10-6-5-9(3)20-10/h5-6,8H,7H2,1-4H3,(H2,14,15,16,17). The van der Waals surface area contributed by atoms with E-state index in [9.17, 15) is 0 Å². The molecule has 2 aromatic rings. The third-order valence-corrected chi connectivity index (χ3v) is 2.49. The van der Waals surface area contributed by atoms with Crippen LogP contribution in [0.2, 0.25) is 0 Å². The quantitative estimate of drug-likeness (QED) is 0.890. The van der Waals surface area contributed by atoms with Gasteiger partial charge in [-0.1, -0.05) is 0 Å². The Kier molecular flexibility index (Phi) is 4.07. The summed E-state index contributed by atoms with van der Waals surface area (Å²) in [6, 6.07) is 4.06. The summed E-state index contributed by atoms with van der Waals surface area (Å²) in [5.74, 6) is 2.28. The largest absolute Gasteiger partial charge is 0.464 e. The Morgan fingerprint density at radius 2 is 2.05 bits per heavy atom. The highest BCUT2D eigenvalue weighted by molar-refractivity contribution is 5.35. The van der Waals surface area contributed by atoms with E-state index in [2.05, 4.69) is 15.0 Å². The van der Waals surface area contributed by atoms with Crippen LogP contribution in [0.15, 0.2) is 16.5 Å². The van der Waals surface area contributed by atoms with Gasteiger partial charge in [0, 0.05) is 7.05 Å². The Labute approximate surface area is 117 Å². The zero-order valence-electron chi connectivity index (χ0n) is 12.1. The predicted molar refractivity (Wildman–Crippen MR) is 75.6 cm³/mol. The highest BCUT2D eigenvalue weighted by Gasteiger charge is 2.12. The summed E-state index contributed by atoms with van der Waals surface area (Å²) >= 11 is 0. The van der Waals surface area contributed by atoms with Crippen molar-refractivity contribution in [3.8, 4) is 6.01 Å². The van der Waals surface area contributed by atoms with E-state index in [-0.39, 0.29) is 18.1 Å². The Bertz CT molecular complexity index is 582. The zero-order chi connectivity index (χ0) is 14.7. The van der Waals surface area contributed by atoms with Crippen LogP contribution in [0.25, 0.3) is 0 Å². The van der Waals surface area contributed by atoms with E-state index in [0.29, 0.717) is 12.5 Å². The molecule has 2 N–H and O–H groups in total. The minimum absolute atomic E-state index is 0.0253. The van der Waals surface area contributed by atoms with E-state index in [4.69, 9.17) is 14.9 Å². The van der Waals surface area contributed by atoms with E-state index in [1.807, 2.05) is 44.9 Å². The maximum Gasteiger partial charge on any atom is 0.323 e. The van der Waals surface area contributed by atoms with Gasteiger partial charge in [-0.05, 0) is 32.9 Å². The molecule has 0 radical (unpaired) electrons. The van der Waals surface area contributed by atoms with Gasteiger partial charge in [0.2, 0.25) is 11.9 Å². The van der Waals surface area contributed by atoms with Crippen molar-refractivity contribution in [3.63, 3.8) is 0 Å². The fraction of sp³-hybridized carbons (Fsp3) is 0.462. The van der Waals surface area contributed by atoms with Crippen LogP contribution >= 0.6 is 0 Å². The first kappa shape index (κ1) is 14.1. The van der Waals surface area contributed by atoms with Gasteiger partial charge in [-0.2, -0.15) is 15.0 Å². The molecule has 20 heavy (non-hydrogen) atoms. The first-order chi connectivity index (χ1) is 9.44. The number of nitrogens with two attached hydrogens (primary N) is 1. The molecule has 0 amide bonds. The van der Waals surface area contributed by atoms with Gasteiger partial charge in [0.25, 0.3) is 0 Å². The molecule has 7 nitrogen and oxygen atoms in total. The number of aromatic nitrogens is 3. The van der Waals surface area contributed by atoms with Crippen molar-refractivity contribution in [2.75, 3.05) is 17.7 Å². The number of aryl methyl sites for hydroxylation is 1. The molecule has 2 aromatic heterocycles. The molecule has 0 bridgehead atoms. The second-order valence-electron chi connectivity index (χ2n) is 4.81. The lowest BCUT2D eigenvalue weighted by atomic mass is 10.4. The minimum Gasteiger partial charge on any atom is -0.464 e. The highest BCUT2D eigenvalue weighted by Crippen LogP contribution is 2.16. The van der Waals surface area contributed by atoms with Gasteiger partial charge >= 0.3 is 6.01 Å². The van der Waals surface area contributed by atoms with Gasteiger partial charge < -0.3 is 19.8 Å². The molecule has 0 atom stereocenters. The molecular weight excluding hydrogens is 258 g/mol. The smallest absolute Gasteiger partial charge is 0.323 e. The van der Waals surface area contributed by atoms with Crippen molar-refractivity contribution in [2.24, 2.45) is 0 Å². The Morgan fingerprint density at radius 1 is 1.30 bits per heavy atom. The number of rotatable bonds is 5. The maximum absolute atomic E-state index is 5.68. The average Bonchev–Trinajstić information content (AvgIpc) is 2.73. The van der Waals surface area contributed by atoms with Crippen molar-refractivity contribution in [3.05, 3.63) is 23.7 Å². The van der Waals surface area contributed by atoms with Gasteiger partial charge in [0.1, 0.15) is 11.5 Å². The number of hydrogen-bond acceptors (Lipinski definition) is 7. The molecule has 0 aromatic carbocycles. The van der Waals surface area contributed by atoms with Gasteiger partial charge in [0.15, 0.2) is 0 Å². The van der Waals surface area contributed by atoms with Gasteiger partial charge in [-0.25, -0.2) is 0 Å². The molecule has 0 aliphatic heterocycles. The molecule has 0 saturated carbocycles. The van der Waals surface area contributed by atoms with Crippen LogP contribution in [0.5, 0.6) is 6.01 Å². The number of ether oxygens (including phenoxy) is 1. The van der Waals surface area contributed by atoms with Crippen molar-refractivity contribution in [1.82, 2.24) is 15.0 Å². The van der Waals surface area contributed by atoms with E-state index in [0.717, 1.165) is 11.5 Å². The molecule has 2 heterocycles. The predicted octanol–water partition coefficient (Wildman–Crippen LogP) is 1.78. The Morgan fingerprint density at radius 3 is 2.65 bits per heavy atom. The fourth-order valence-electron chi connectivity index (χ4n) is 1.67. The third-order valence-electron chi connectivity index (χ3n) is 2.49. The van der Waals surface area contributed by atoms with Crippen LogP contribution in [0, 0.1) is 6.92 Å². The van der Waals surface area contributed by atoms with E-state index in [1.165, 1.54) is 0 Å². The number of hydrogen-bond donors (Lipinski definition) is 1. The number of anilines is 2. The SMILES string of the molecule is Cc1ccc(CN(C)c2nc(N)nc(OC(C)C)n2)o1. The molecule has 108 valence electrons. The summed E-state index contributed by atoms with van der Waals surface area (Å²) in [6.45, 7) is 6.24. The molecule has 0 saturated heterocycles. The minimum atomic E-state index is -0.0253. The van der Waals surface area contributed by atoms with Gasteiger partial charge in [-0.3, -0.25) is 0 Å². The second-order valence-corrected chi connectivity index (χ2v) is 4.81. The van der Waals surface area contributed by atoms with Crippen LogP contribution in [0.3, 0.4) is 0 Å². The lowest BCUT2D eigenvalue weighted by Crippen LogP contribution is -2.21. The zero-order valence-corrected chi connectivity index (χ0v) is 12.1. The number of nitrogens with zero attached hydrogens (tertiary/aromatic N) is 4. The van der Waals surface area contributed by atoms with Crippen molar-refractivity contribution in [2.45, 2.75) is 33.4 Å². The molecule has 0 spiro atoms. The van der Waals surface area contributed by atoms with Crippen molar-refractivity contribution in [1.29, 1.82) is 0 Å². The summed E-state index contributed by atoms with van der Waals surface area (Å²) in [5, 5.41) is 0. The second kappa shape index (κ2) is 5.77. The normalized spacial score (nSPS) is 10.8. The van der Waals surface area contributed by atoms with Crippen LogP contribution in [0.1, 0.15) is 25.4 Å². The lowest BCUT2D eigenvalue weighted by Gasteiger charge is -2.16. The summed E-state index contributed by atoms with van der Waals surface area (Å²) in [7, 11) is 1.85. The first-order valence-electron chi connectivity index (χ1n) is 6.38. The topological polar surface area (TPSA) is 90.3 Å². The highest BCUT2D eigenvalue weighted by atomic mass is 16.5. The fourth-order valence-corrected chi connectivity index (χ4v) is 1.67. The van der Waals surface area contributed by atoms with Crippen molar-refractivity contribution >= 4 is 11.9 Å². The number of furan rings is 1. The van der Waals surface area contributed by atoms with Crippen LogP contribution < -0.4 is 15.4 Å². The van der Waals surface area contributed by atoms with E-state index < -0.39 is 0 Å². The molecule has 0 aliphatic carbocycles.